The van der Waals surface area contributed by atoms with Crippen LogP contribution in [-0.2, 0) is 38.0 Å². The van der Waals surface area contributed by atoms with Crippen LogP contribution in [0.2, 0.25) is 0 Å². The van der Waals surface area contributed by atoms with Gasteiger partial charge in [-0.3, -0.25) is 24.7 Å². The molecule has 2 aliphatic heterocycles. The number of phenols is 1. The molecule has 6 N–H and O–H groups in total. The van der Waals surface area contributed by atoms with Crippen LogP contribution in [0.5, 0.6) is 5.75 Å². The minimum Gasteiger partial charge on any atom is -0.508 e. The lowest BCUT2D eigenvalue weighted by Crippen LogP contribution is -2.61. The molecule has 2 saturated heterocycles. The first kappa shape index (κ1) is 47.6. The summed E-state index contributed by atoms with van der Waals surface area (Å²) in [4.78, 5) is 61.0. The fourth-order valence-electron chi connectivity index (χ4n) is 8.67. The molecule has 1 amide bonds. The molecule has 4 aliphatic rings. The van der Waals surface area contributed by atoms with E-state index in [4.69, 9.17) is 28.4 Å². The van der Waals surface area contributed by atoms with Crippen molar-refractivity contribution in [1.29, 1.82) is 0 Å². The van der Waals surface area contributed by atoms with E-state index in [9.17, 15) is 34.5 Å². The van der Waals surface area contributed by atoms with E-state index in [-0.39, 0.29) is 70.4 Å². The molecule has 4 heterocycles. The van der Waals surface area contributed by atoms with Gasteiger partial charge in [0.1, 0.15) is 23.7 Å². The molecule has 9 unspecified atom stereocenters. The van der Waals surface area contributed by atoms with Crippen molar-refractivity contribution in [2.75, 3.05) is 26.6 Å². The number of aromatic amines is 1. The summed E-state index contributed by atoms with van der Waals surface area (Å²) in [6.07, 6.45) is -5.03. The molecule has 7 rings (SSSR count). The van der Waals surface area contributed by atoms with Crippen LogP contribution < -0.4 is 10.6 Å². The summed E-state index contributed by atoms with van der Waals surface area (Å²) in [7, 11) is 2.71. The maximum atomic E-state index is 14.8. The van der Waals surface area contributed by atoms with Gasteiger partial charge in [-0.05, 0) is 48.9 Å². The van der Waals surface area contributed by atoms with Gasteiger partial charge in [0.15, 0.2) is 29.3 Å². The van der Waals surface area contributed by atoms with Crippen molar-refractivity contribution < 1.29 is 62.9 Å². The summed E-state index contributed by atoms with van der Waals surface area (Å²) in [5.41, 5.74) is 1.08. The highest BCUT2D eigenvalue weighted by atomic mass is 32.2. The highest BCUT2D eigenvalue weighted by molar-refractivity contribution is 8.13. The number of nitrogens with zero attached hydrogens (tertiary/aromatic N) is 1. The zero-order valence-corrected chi connectivity index (χ0v) is 37.5. The Balaban J connectivity index is 1.31. The number of Topliss-reactive ketones (excluding diaryl/α,β-unsaturated/α-hetero) is 2. The Hall–Kier alpha value is -5.38. The van der Waals surface area contributed by atoms with Crippen molar-refractivity contribution in [2.24, 2.45) is 11.8 Å². The highest BCUT2D eigenvalue weighted by Gasteiger charge is 2.52. The highest BCUT2D eigenvalue weighted by Crippen LogP contribution is 2.40. The van der Waals surface area contributed by atoms with E-state index in [2.05, 4.69) is 44.3 Å². The first-order valence-corrected chi connectivity index (χ1v) is 22.2. The minimum atomic E-state index is -1.63. The molecule has 65 heavy (non-hydrogen) atoms. The number of aromatic nitrogens is 2. The molecule has 2 aliphatic carbocycles. The smallest absolute Gasteiger partial charge is 0.411 e. The third kappa shape index (κ3) is 10.5. The Kier molecular flexibility index (Phi) is 15.3. The third-order valence-electron chi connectivity index (χ3n) is 11.6. The van der Waals surface area contributed by atoms with Gasteiger partial charge < -0.3 is 54.0 Å². The lowest BCUT2D eigenvalue weighted by molar-refractivity contribution is -0.330. The molecular weight excluding hydrogens is 861 g/mol. The van der Waals surface area contributed by atoms with E-state index in [1.807, 2.05) is 13.8 Å². The van der Waals surface area contributed by atoms with Gasteiger partial charge in [0.2, 0.25) is 0 Å². The number of amides is 1. The van der Waals surface area contributed by atoms with Crippen molar-refractivity contribution in [3.8, 4) is 29.4 Å². The summed E-state index contributed by atoms with van der Waals surface area (Å²) in [6.45, 7) is 7.19. The van der Waals surface area contributed by atoms with Gasteiger partial charge >= 0.3 is 6.09 Å². The van der Waals surface area contributed by atoms with Gasteiger partial charge in [-0.15, -0.1) is 0 Å². The number of nitrogens with one attached hydrogen (secondary N) is 3. The summed E-state index contributed by atoms with van der Waals surface area (Å²) < 4.78 is 36.9. The predicted molar refractivity (Wildman–Crippen MR) is 238 cm³/mol. The number of thioether (sulfide) groups is 1. The molecule has 0 saturated carbocycles. The standard InChI is InChI=1S/C47H52N4O13S/c1-23(2)49-32-22-61-37(21-36(32)59-5)64-45-44(57)38(43(56)42-41-27(15-17-48-42)30-19-26(53)13-14-31(30)50-41)24(3)62-46(45)63-35-12-10-8-7-9-11-29-39(35)28(16-18-65-25(4)52)33(54)20-34(55)40(29)51-47(58)60-6/h7-8,13-17,19,23-24,32-33,35-39,44-46,49-50,53-54,57H,18,20-22H2,1-6H3,(H,51,58)/b8-7-,28-16-/t24?,32?,33-,35-,36?,37?,38?,39?,44?,45?,46?/m0/s1. The summed E-state index contributed by atoms with van der Waals surface area (Å²) in [6, 6.07) is 6.45. The fraction of sp³-hybridized carbons (Fsp3) is 0.468. The number of hydrogen-bond donors (Lipinski definition) is 6. The molecule has 344 valence electrons. The van der Waals surface area contributed by atoms with Crippen LogP contribution in [0.1, 0.15) is 51.0 Å². The van der Waals surface area contributed by atoms with Gasteiger partial charge in [-0.1, -0.05) is 55.4 Å². The number of aliphatic hydroxyl groups is 2. The molecule has 18 heteroatoms. The number of pyridine rings is 1. The van der Waals surface area contributed by atoms with E-state index in [0.717, 1.165) is 18.9 Å². The van der Waals surface area contributed by atoms with Crippen molar-refractivity contribution in [2.45, 2.75) is 102 Å². The molecule has 0 bridgehead atoms. The Bertz CT molecular complexity index is 2550. The van der Waals surface area contributed by atoms with Crippen molar-refractivity contribution in [3.63, 3.8) is 0 Å². The summed E-state index contributed by atoms with van der Waals surface area (Å²) in [5, 5.41) is 41.5. The minimum absolute atomic E-state index is 0.0232. The van der Waals surface area contributed by atoms with E-state index < -0.39 is 79.0 Å². The van der Waals surface area contributed by atoms with Crippen LogP contribution in [0.25, 0.3) is 21.8 Å². The van der Waals surface area contributed by atoms with Crippen LogP contribution in [0.15, 0.2) is 65.5 Å². The number of allylic oxidation sites excluding steroid dienone is 3. The fourth-order valence-corrected chi connectivity index (χ4v) is 9.18. The number of methoxy groups -OCH3 is 2. The maximum Gasteiger partial charge on any atom is 0.411 e. The van der Waals surface area contributed by atoms with Crippen LogP contribution in [0, 0.1) is 35.5 Å². The first-order valence-electron chi connectivity index (χ1n) is 21.2. The number of fused-ring (bicyclic) bond motifs is 4. The first-order chi connectivity index (χ1) is 31.2. The Morgan fingerprint density at radius 2 is 1.89 bits per heavy atom. The average molecular weight is 913 g/mol. The largest absolute Gasteiger partial charge is 0.508 e. The molecule has 0 spiro atoms. The van der Waals surface area contributed by atoms with Crippen molar-refractivity contribution in [3.05, 3.63) is 71.2 Å². The number of hydrogen-bond acceptors (Lipinski definition) is 16. The predicted octanol–water partition coefficient (Wildman–Crippen LogP) is 3.57. The zero-order valence-electron chi connectivity index (χ0n) is 36.7. The monoisotopic (exact) mass is 912 g/mol. The van der Waals surface area contributed by atoms with E-state index in [0.29, 0.717) is 21.8 Å². The number of carbonyl (C=O) groups is 4. The van der Waals surface area contributed by atoms with Crippen LogP contribution >= 0.6 is 11.8 Å². The summed E-state index contributed by atoms with van der Waals surface area (Å²) in [5.74, 6) is 8.22. The van der Waals surface area contributed by atoms with Crippen LogP contribution in [0.3, 0.4) is 0 Å². The maximum absolute atomic E-state index is 14.8. The molecule has 3 aromatic rings. The number of aromatic hydroxyl groups is 1. The third-order valence-corrected chi connectivity index (χ3v) is 12.4. The van der Waals surface area contributed by atoms with E-state index in [1.54, 1.807) is 38.3 Å². The van der Waals surface area contributed by atoms with Gasteiger partial charge in [0.25, 0.3) is 0 Å². The molecule has 0 radical (unpaired) electrons. The Morgan fingerprint density at radius 3 is 2.63 bits per heavy atom. The molecule has 11 atom stereocenters. The Morgan fingerprint density at radius 1 is 1.11 bits per heavy atom. The number of carbonyl (C=O) groups excluding carboxylic acids is 4. The van der Waals surface area contributed by atoms with Crippen molar-refractivity contribution in [1.82, 2.24) is 20.6 Å². The second-order valence-electron chi connectivity index (χ2n) is 16.3. The topological polar surface area (TPSA) is 237 Å². The van der Waals surface area contributed by atoms with Crippen LogP contribution in [0.4, 0.5) is 4.79 Å². The SMILES string of the molecule is COC(=O)NC1=C2C#C/C=C\C#C[C@H](OC3OC(C)C(C(=O)c4nccc5c4[nH]c4ccc(O)cc45)C(O)C3OC3CC(OC)C(NC(C)C)CO3)C2/C(=C\CSC(C)=O)[C@@H](O)CC1=O. The van der Waals surface area contributed by atoms with Gasteiger partial charge in [0.05, 0.1) is 67.2 Å². The molecular formula is C47H52N4O13S. The van der Waals surface area contributed by atoms with Gasteiger partial charge in [-0.2, -0.15) is 0 Å². The normalized spacial score (nSPS) is 30.3. The molecule has 2 aromatic heterocycles. The Labute approximate surface area is 379 Å². The van der Waals surface area contributed by atoms with E-state index >= 15 is 0 Å². The number of rotatable bonds is 12. The van der Waals surface area contributed by atoms with Gasteiger partial charge in [0, 0.05) is 66.7 Å². The number of H-pyrrole nitrogens is 1. The second-order valence-corrected chi connectivity index (χ2v) is 17.5. The number of benzene rings is 1. The number of ketones is 2. The molecule has 1 aromatic carbocycles. The lowest BCUT2D eigenvalue weighted by atomic mass is 9.82. The quantitative estimate of drug-likeness (QED) is 0.0866. The number of alkyl carbamates (subject to hydrolysis) is 1. The summed E-state index contributed by atoms with van der Waals surface area (Å²) >= 11 is 0.969. The average Bonchev–Trinajstić information content (AvgIpc) is 3.64. The number of phenolic OH excluding ortho intramolecular Hbond substituents is 1. The number of aliphatic hydroxyl groups excluding tert-OH is 2. The van der Waals surface area contributed by atoms with Crippen molar-refractivity contribution >= 4 is 56.3 Å². The molecule has 17 nitrogen and oxygen atoms in total. The zero-order chi connectivity index (χ0) is 46.5. The lowest BCUT2D eigenvalue weighted by Gasteiger charge is -2.46. The van der Waals surface area contributed by atoms with Gasteiger partial charge in [-0.25, -0.2) is 4.79 Å². The second kappa shape index (κ2) is 20.8. The van der Waals surface area contributed by atoms with Crippen LogP contribution in [-0.4, -0.2) is 136 Å². The molecule has 2 fully saturated rings. The number of ether oxygens (including phenoxy) is 6. The van der Waals surface area contributed by atoms with E-state index in [1.165, 1.54) is 31.3 Å².